The van der Waals surface area contributed by atoms with Gasteiger partial charge in [0.05, 0.1) is 6.61 Å². The van der Waals surface area contributed by atoms with Crippen LogP contribution < -0.4 is 0 Å². The van der Waals surface area contributed by atoms with Crippen LogP contribution >= 0.6 is 0 Å². The molecule has 0 saturated carbocycles. The summed E-state index contributed by atoms with van der Waals surface area (Å²) in [5.74, 6) is -0.561. The monoisotopic (exact) mass is 1260 g/mol. The van der Waals surface area contributed by atoms with Crippen molar-refractivity contribution >= 4 is 11.9 Å². The molecule has 0 aliphatic carbocycles. The Balaban J connectivity index is 3.35. The molecule has 90 heavy (non-hydrogen) atoms. The Hall–Kier alpha value is -2.14. The van der Waals surface area contributed by atoms with Crippen LogP contribution in [0.5, 0.6) is 0 Å². The fourth-order valence-electron chi connectivity index (χ4n) is 12.9. The third kappa shape index (κ3) is 78.3. The number of aliphatic hydroxyl groups is 1. The lowest BCUT2D eigenvalue weighted by atomic mass is 10.0. The summed E-state index contributed by atoms with van der Waals surface area (Å²) in [6.45, 7) is 4.19. The molecule has 0 bridgehead atoms. The molecule has 1 unspecified atom stereocenters. The Morgan fingerprint density at radius 1 is 0.256 bits per heavy atom. The lowest BCUT2D eigenvalue weighted by Gasteiger charge is -2.15. The number of hydrogen-bond donors (Lipinski definition) is 1. The maximum absolute atomic E-state index is 12.4. The summed E-state index contributed by atoms with van der Waals surface area (Å²) in [5, 5.41) is 9.73. The summed E-state index contributed by atoms with van der Waals surface area (Å²) in [6, 6.07) is 0. The number of unbranched alkanes of at least 4 members (excludes halogenated alkanes) is 62. The third-order valence-electron chi connectivity index (χ3n) is 19.1. The Morgan fingerprint density at radius 3 is 0.656 bits per heavy atom. The molecule has 5 heteroatoms. The largest absolute Gasteiger partial charge is 0.462 e. The van der Waals surface area contributed by atoms with E-state index in [2.05, 4.69) is 62.5 Å². The summed E-state index contributed by atoms with van der Waals surface area (Å²) in [7, 11) is 0. The van der Waals surface area contributed by atoms with E-state index in [9.17, 15) is 14.7 Å². The predicted octanol–water partition coefficient (Wildman–Crippen LogP) is 29.0. The lowest BCUT2D eigenvalue weighted by Crippen LogP contribution is -2.28. The molecule has 0 heterocycles. The number of rotatable bonds is 78. The molecular formula is C85H160O5. The predicted molar refractivity (Wildman–Crippen MR) is 399 cm³/mol. The quantitative estimate of drug-likeness (QED) is 0.0373. The summed E-state index contributed by atoms with van der Waals surface area (Å²) < 4.78 is 10.8. The molecule has 0 amide bonds. The zero-order valence-corrected chi connectivity index (χ0v) is 61.2. The maximum Gasteiger partial charge on any atom is 0.306 e. The van der Waals surface area contributed by atoms with Crippen LogP contribution in [-0.2, 0) is 19.1 Å². The van der Waals surface area contributed by atoms with Crippen LogP contribution in [0, 0.1) is 0 Å². The molecule has 0 aliphatic heterocycles. The van der Waals surface area contributed by atoms with Gasteiger partial charge in [-0.3, -0.25) is 9.59 Å². The zero-order chi connectivity index (χ0) is 64.7. The van der Waals surface area contributed by atoms with Gasteiger partial charge in [-0.25, -0.2) is 0 Å². The van der Waals surface area contributed by atoms with Gasteiger partial charge in [0.2, 0.25) is 0 Å². The molecule has 0 saturated heterocycles. The molecule has 0 aromatic heterocycles. The number of allylic oxidation sites excluding steroid dienone is 8. The maximum atomic E-state index is 12.4. The lowest BCUT2D eigenvalue weighted by molar-refractivity contribution is -0.161. The Kier molecular flexibility index (Phi) is 79.2. The highest BCUT2D eigenvalue weighted by molar-refractivity contribution is 5.70. The summed E-state index contributed by atoms with van der Waals surface area (Å²) in [6.07, 6.45) is 111. The fraction of sp³-hybridized carbons (Fsp3) is 0.882. The molecule has 0 aliphatic rings. The third-order valence-corrected chi connectivity index (χ3v) is 19.1. The summed E-state index contributed by atoms with van der Waals surface area (Å²) in [5.41, 5.74) is 0. The van der Waals surface area contributed by atoms with Gasteiger partial charge in [-0.05, 0) is 77.0 Å². The van der Waals surface area contributed by atoms with E-state index in [0.29, 0.717) is 12.8 Å². The summed E-state index contributed by atoms with van der Waals surface area (Å²) in [4.78, 5) is 24.7. The van der Waals surface area contributed by atoms with E-state index >= 15 is 0 Å². The van der Waals surface area contributed by atoms with E-state index in [1.54, 1.807) is 0 Å². The van der Waals surface area contributed by atoms with Crippen LogP contribution in [-0.4, -0.2) is 36.4 Å². The van der Waals surface area contributed by atoms with E-state index in [0.717, 1.165) is 44.9 Å². The second-order valence-corrected chi connectivity index (χ2v) is 28.2. The highest BCUT2D eigenvalue weighted by Gasteiger charge is 2.16. The normalized spacial score (nSPS) is 12.3. The van der Waals surface area contributed by atoms with Gasteiger partial charge in [0.25, 0.3) is 0 Å². The topological polar surface area (TPSA) is 72.8 Å². The smallest absolute Gasteiger partial charge is 0.306 e. The number of esters is 2. The molecule has 0 rings (SSSR count). The van der Waals surface area contributed by atoms with Gasteiger partial charge in [-0.2, -0.15) is 0 Å². The van der Waals surface area contributed by atoms with Crippen molar-refractivity contribution in [2.75, 3.05) is 13.2 Å². The zero-order valence-electron chi connectivity index (χ0n) is 61.2. The van der Waals surface area contributed by atoms with Gasteiger partial charge in [0.1, 0.15) is 6.61 Å². The minimum Gasteiger partial charge on any atom is -0.462 e. The molecule has 530 valence electrons. The average Bonchev–Trinajstić information content (AvgIpc) is 3.60. The van der Waals surface area contributed by atoms with Crippen LogP contribution in [0.25, 0.3) is 0 Å². The van der Waals surface area contributed by atoms with E-state index in [-0.39, 0.29) is 25.2 Å². The standard InChI is InChI=1S/C85H160O5/c1-3-5-7-9-11-13-15-17-19-21-23-25-27-29-31-33-35-37-39-40-41-42-43-44-46-48-50-52-54-56-58-60-62-64-66-68-70-72-74-76-78-80-85(88)90-83(81-86)82-89-84(87)79-77-75-73-71-69-67-65-63-61-59-57-55-53-51-49-47-45-38-36-34-32-30-28-26-24-22-20-18-16-14-12-10-8-6-4-2/h15-18,21-24,83,86H,3-14,19-20,25-82H2,1-2H3/b17-15-,18-16-,23-21-,24-22-. The molecule has 1 atom stereocenters. The van der Waals surface area contributed by atoms with Gasteiger partial charge in [0.15, 0.2) is 6.10 Å². The van der Waals surface area contributed by atoms with Crippen LogP contribution in [0.3, 0.4) is 0 Å². The highest BCUT2D eigenvalue weighted by atomic mass is 16.6. The molecule has 5 nitrogen and oxygen atoms in total. The van der Waals surface area contributed by atoms with Gasteiger partial charge < -0.3 is 14.6 Å². The minimum absolute atomic E-state index is 0.0585. The van der Waals surface area contributed by atoms with E-state index in [1.807, 2.05) is 0 Å². The van der Waals surface area contributed by atoms with Crippen molar-refractivity contribution in [3.63, 3.8) is 0 Å². The van der Waals surface area contributed by atoms with Crippen molar-refractivity contribution in [3.05, 3.63) is 48.6 Å². The molecule has 1 N–H and O–H groups in total. The van der Waals surface area contributed by atoms with E-state index in [1.165, 1.54) is 392 Å². The fourth-order valence-corrected chi connectivity index (χ4v) is 12.9. The first kappa shape index (κ1) is 87.9. The van der Waals surface area contributed by atoms with Crippen LogP contribution in [0.4, 0.5) is 0 Å². The highest BCUT2D eigenvalue weighted by Crippen LogP contribution is 2.20. The van der Waals surface area contributed by atoms with Crippen molar-refractivity contribution in [2.24, 2.45) is 0 Å². The van der Waals surface area contributed by atoms with Gasteiger partial charge in [-0.1, -0.05) is 422 Å². The molecule has 0 aromatic rings. The van der Waals surface area contributed by atoms with Crippen LogP contribution in [0.1, 0.15) is 463 Å². The second kappa shape index (κ2) is 81.1. The first-order valence-corrected chi connectivity index (χ1v) is 41.2. The van der Waals surface area contributed by atoms with Gasteiger partial charge in [-0.15, -0.1) is 0 Å². The Bertz CT molecular complexity index is 1480. The van der Waals surface area contributed by atoms with Crippen molar-refractivity contribution < 1.29 is 24.2 Å². The van der Waals surface area contributed by atoms with Crippen molar-refractivity contribution in [1.29, 1.82) is 0 Å². The van der Waals surface area contributed by atoms with Crippen LogP contribution in [0.15, 0.2) is 48.6 Å². The molecular weight excluding hydrogens is 1100 g/mol. The van der Waals surface area contributed by atoms with Crippen molar-refractivity contribution in [3.8, 4) is 0 Å². The Labute approximate surface area is 564 Å². The molecule has 0 radical (unpaired) electrons. The molecule has 0 fully saturated rings. The van der Waals surface area contributed by atoms with Crippen molar-refractivity contribution in [2.45, 2.75) is 469 Å². The van der Waals surface area contributed by atoms with Gasteiger partial charge >= 0.3 is 11.9 Å². The second-order valence-electron chi connectivity index (χ2n) is 28.2. The average molecular weight is 1260 g/mol. The van der Waals surface area contributed by atoms with Gasteiger partial charge in [0, 0.05) is 12.8 Å². The van der Waals surface area contributed by atoms with E-state index < -0.39 is 6.10 Å². The van der Waals surface area contributed by atoms with Crippen molar-refractivity contribution in [1.82, 2.24) is 0 Å². The number of carbonyl (C=O) groups is 2. The number of ether oxygens (including phenoxy) is 2. The number of hydrogen-bond acceptors (Lipinski definition) is 5. The number of carbonyl (C=O) groups excluding carboxylic acids is 2. The first-order chi connectivity index (χ1) is 44.6. The van der Waals surface area contributed by atoms with E-state index in [4.69, 9.17) is 9.47 Å². The molecule has 0 spiro atoms. The Morgan fingerprint density at radius 2 is 0.444 bits per heavy atom. The summed E-state index contributed by atoms with van der Waals surface area (Å²) >= 11 is 0. The SMILES string of the molecule is CCCCCCC/C=C\C/C=C\CCCCCCCCCCCCCCCCCCCCCCCCCCCCCCCC(=O)OC(CO)COC(=O)CCCCCCCCCCCCCCCCCCCCCCCCC/C=C\C/C=C\CCCCCCC. The van der Waals surface area contributed by atoms with Crippen LogP contribution in [0.2, 0.25) is 0 Å². The first-order valence-electron chi connectivity index (χ1n) is 41.2. The minimum atomic E-state index is -0.770. The number of aliphatic hydroxyl groups excluding tert-OH is 1. The molecule has 0 aromatic carbocycles.